The normalized spacial score (nSPS) is 9.50. The molecule has 0 unspecified atom stereocenters. The summed E-state index contributed by atoms with van der Waals surface area (Å²) in [4.78, 5) is 22.6. The van der Waals surface area contributed by atoms with E-state index >= 15 is 0 Å². The fourth-order valence-electron chi connectivity index (χ4n) is 1.91. The summed E-state index contributed by atoms with van der Waals surface area (Å²) in [5.41, 5.74) is 0.819. The van der Waals surface area contributed by atoms with Crippen LogP contribution in [0.1, 0.15) is 15.9 Å². The van der Waals surface area contributed by atoms with Crippen molar-refractivity contribution in [3.8, 4) is 17.6 Å². The van der Waals surface area contributed by atoms with Gasteiger partial charge in [0.05, 0.1) is 12.1 Å². The van der Waals surface area contributed by atoms with Gasteiger partial charge in [0.2, 0.25) is 0 Å². The summed E-state index contributed by atoms with van der Waals surface area (Å²) in [5.74, 6) is 6.05. The Balaban J connectivity index is 1.78. The van der Waals surface area contributed by atoms with Gasteiger partial charge in [-0.15, -0.1) is 6.58 Å². The Hall–Kier alpha value is -3.26. The number of carbonyl (C=O) groups excluding carboxylic acids is 1. The number of rotatable bonds is 6. The summed E-state index contributed by atoms with van der Waals surface area (Å²) in [6.45, 7) is 4.12. The molecule has 0 aliphatic heterocycles. The maximum Gasteiger partial charge on any atom is 0.335 e. The van der Waals surface area contributed by atoms with Crippen molar-refractivity contribution in [2.45, 2.75) is 6.42 Å². The van der Waals surface area contributed by atoms with Crippen LogP contribution in [0.4, 0.5) is 0 Å². The van der Waals surface area contributed by atoms with Crippen LogP contribution in [0.5, 0.6) is 5.75 Å². The first-order chi connectivity index (χ1) is 11.7. The average Bonchev–Trinajstić information content (AvgIpc) is 2.60. The van der Waals surface area contributed by atoms with Gasteiger partial charge in [-0.3, -0.25) is 4.79 Å². The molecule has 1 aromatic heterocycles. The molecule has 1 heterocycles. The highest BCUT2D eigenvalue weighted by Crippen LogP contribution is 2.18. The fraction of sp³-hybridized carbons (Fsp3) is 0.158. The highest BCUT2D eigenvalue weighted by Gasteiger charge is 2.04. The molecule has 122 valence electrons. The summed E-state index contributed by atoms with van der Waals surface area (Å²) in [5, 5.41) is 2.61. The molecule has 0 atom stereocenters. The van der Waals surface area contributed by atoms with Gasteiger partial charge < -0.3 is 14.5 Å². The molecule has 0 saturated carbocycles. The third-order valence-corrected chi connectivity index (χ3v) is 3.06. The second-order valence-corrected chi connectivity index (χ2v) is 4.77. The van der Waals surface area contributed by atoms with Crippen molar-refractivity contribution in [1.29, 1.82) is 0 Å². The zero-order valence-electron chi connectivity index (χ0n) is 13.1. The van der Waals surface area contributed by atoms with Gasteiger partial charge in [0.1, 0.15) is 18.6 Å². The highest BCUT2D eigenvalue weighted by molar-refractivity contribution is 5.93. The minimum absolute atomic E-state index is 0.176. The molecule has 1 aromatic carbocycles. The molecule has 0 saturated heterocycles. The van der Waals surface area contributed by atoms with Gasteiger partial charge in [-0.25, -0.2) is 4.79 Å². The van der Waals surface area contributed by atoms with Crippen molar-refractivity contribution < 1.29 is 13.9 Å². The number of carbonyl (C=O) groups is 1. The van der Waals surface area contributed by atoms with Crippen molar-refractivity contribution in [1.82, 2.24) is 5.32 Å². The van der Waals surface area contributed by atoms with E-state index in [1.54, 1.807) is 0 Å². The van der Waals surface area contributed by atoms with Crippen LogP contribution in [0, 0.1) is 11.8 Å². The lowest BCUT2D eigenvalue weighted by Crippen LogP contribution is -2.24. The Kier molecular flexibility index (Phi) is 6.42. The molecule has 2 aromatic rings. The topological polar surface area (TPSA) is 68.5 Å². The van der Waals surface area contributed by atoms with Crippen LogP contribution in [0.25, 0.3) is 0 Å². The molecule has 0 radical (unpaired) electrons. The highest BCUT2D eigenvalue weighted by atomic mass is 16.5. The van der Waals surface area contributed by atoms with Gasteiger partial charge in [0.25, 0.3) is 5.91 Å². The molecule has 0 bridgehead atoms. The van der Waals surface area contributed by atoms with E-state index in [2.05, 4.69) is 28.2 Å². The number of allylic oxidation sites excluding steroid dienone is 1. The lowest BCUT2D eigenvalue weighted by atomic mass is 10.1. The maximum atomic E-state index is 11.7. The van der Waals surface area contributed by atoms with Gasteiger partial charge in [0.15, 0.2) is 0 Å². The first-order valence-electron chi connectivity index (χ1n) is 7.35. The number of benzene rings is 1. The molecular weight excluding hydrogens is 306 g/mol. The van der Waals surface area contributed by atoms with Crippen LogP contribution in [-0.2, 0) is 6.42 Å². The molecule has 5 nitrogen and oxygen atoms in total. The van der Waals surface area contributed by atoms with Gasteiger partial charge in [-0.05, 0) is 24.1 Å². The first kappa shape index (κ1) is 17.1. The second kappa shape index (κ2) is 9.01. The summed E-state index contributed by atoms with van der Waals surface area (Å²) < 4.78 is 10.2. The number of ether oxygens (including phenoxy) is 1. The van der Waals surface area contributed by atoms with E-state index < -0.39 is 5.63 Å². The van der Waals surface area contributed by atoms with E-state index in [4.69, 9.17) is 4.74 Å². The molecular formula is C19H17NO4. The largest absolute Gasteiger partial charge is 0.481 e. The molecule has 1 amide bonds. The molecule has 1 N–H and O–H groups in total. The predicted molar refractivity (Wildman–Crippen MR) is 90.9 cm³/mol. The predicted octanol–water partition coefficient (Wildman–Crippen LogP) is 2.18. The minimum Gasteiger partial charge on any atom is -0.481 e. The van der Waals surface area contributed by atoms with E-state index in [0.717, 1.165) is 24.0 Å². The molecule has 2 rings (SSSR count). The van der Waals surface area contributed by atoms with Gasteiger partial charge in [-0.2, -0.15) is 0 Å². The van der Waals surface area contributed by atoms with Gasteiger partial charge in [0, 0.05) is 6.07 Å². The summed E-state index contributed by atoms with van der Waals surface area (Å²) in [6, 6.07) is 10.3. The van der Waals surface area contributed by atoms with E-state index in [-0.39, 0.29) is 24.6 Å². The zero-order chi connectivity index (χ0) is 17.2. The molecule has 0 aliphatic carbocycles. The van der Waals surface area contributed by atoms with Crippen LogP contribution in [0.15, 0.2) is 64.5 Å². The van der Waals surface area contributed by atoms with Crippen molar-refractivity contribution in [3.63, 3.8) is 0 Å². The Morgan fingerprint density at radius 1 is 1.25 bits per heavy atom. The summed E-state index contributed by atoms with van der Waals surface area (Å²) in [6.07, 6.45) is 3.66. The Morgan fingerprint density at radius 2 is 2.08 bits per heavy atom. The Labute approximate surface area is 140 Å². The van der Waals surface area contributed by atoms with Crippen molar-refractivity contribution in [2.75, 3.05) is 13.2 Å². The Morgan fingerprint density at radius 3 is 2.83 bits per heavy atom. The number of nitrogens with one attached hydrogen (secondary N) is 1. The number of para-hydroxylation sites is 1. The van der Waals surface area contributed by atoms with E-state index in [0.29, 0.717) is 0 Å². The fourth-order valence-corrected chi connectivity index (χ4v) is 1.91. The number of amides is 1. The monoisotopic (exact) mass is 323 g/mol. The smallest absolute Gasteiger partial charge is 0.335 e. The molecule has 24 heavy (non-hydrogen) atoms. The second-order valence-electron chi connectivity index (χ2n) is 4.77. The summed E-state index contributed by atoms with van der Waals surface area (Å²) >= 11 is 0. The van der Waals surface area contributed by atoms with Gasteiger partial charge in [-0.1, -0.05) is 36.1 Å². The number of hydrogen-bond donors (Lipinski definition) is 1. The molecule has 0 spiro atoms. The Bertz CT molecular complexity index is 806. The zero-order valence-corrected chi connectivity index (χ0v) is 13.1. The van der Waals surface area contributed by atoms with E-state index in [9.17, 15) is 9.59 Å². The third-order valence-electron chi connectivity index (χ3n) is 3.06. The molecule has 0 aliphatic rings. The van der Waals surface area contributed by atoms with Crippen molar-refractivity contribution in [3.05, 3.63) is 76.9 Å². The lowest BCUT2D eigenvalue weighted by Gasteiger charge is -2.07. The van der Waals surface area contributed by atoms with Crippen LogP contribution in [0.3, 0.4) is 0 Å². The molecule has 5 heteroatoms. The lowest BCUT2D eigenvalue weighted by molar-refractivity contribution is 0.0956. The van der Waals surface area contributed by atoms with Crippen LogP contribution < -0.4 is 15.7 Å². The standard InChI is InChI=1S/C19H17NO4/c1-2-7-15-8-3-4-9-17(15)23-13-6-5-12-20-19(22)16-10-11-18(21)24-14-16/h2-4,8-11,14H,1,7,12-13H2,(H,20,22). The van der Waals surface area contributed by atoms with E-state index in [1.807, 2.05) is 30.3 Å². The third kappa shape index (κ3) is 5.18. The van der Waals surface area contributed by atoms with Crippen LogP contribution >= 0.6 is 0 Å². The maximum absolute atomic E-state index is 11.7. The summed E-state index contributed by atoms with van der Waals surface area (Å²) in [7, 11) is 0. The van der Waals surface area contributed by atoms with Crippen LogP contribution in [-0.4, -0.2) is 19.1 Å². The van der Waals surface area contributed by atoms with Crippen molar-refractivity contribution in [2.24, 2.45) is 0 Å². The van der Waals surface area contributed by atoms with Crippen molar-refractivity contribution >= 4 is 5.91 Å². The number of hydrogen-bond acceptors (Lipinski definition) is 4. The minimum atomic E-state index is -0.500. The first-order valence-corrected chi connectivity index (χ1v) is 7.35. The average molecular weight is 323 g/mol. The SMILES string of the molecule is C=CCc1ccccc1OCC#CCNC(=O)c1ccc(=O)oc1. The van der Waals surface area contributed by atoms with Crippen LogP contribution in [0.2, 0.25) is 0 Å². The molecule has 0 fully saturated rings. The quantitative estimate of drug-likeness (QED) is 0.653. The van der Waals surface area contributed by atoms with E-state index in [1.165, 1.54) is 12.1 Å². The van der Waals surface area contributed by atoms with Gasteiger partial charge >= 0.3 is 5.63 Å².